The van der Waals surface area contributed by atoms with Gasteiger partial charge >= 0.3 is 0 Å². The van der Waals surface area contributed by atoms with Crippen LogP contribution in [0.4, 0.5) is 5.69 Å². The molecule has 98 valence electrons. The molecule has 0 amide bonds. The zero-order valence-electron chi connectivity index (χ0n) is 10.4. The van der Waals surface area contributed by atoms with Crippen molar-refractivity contribution in [3.05, 3.63) is 30.5 Å². The molecular weight excluding hydrogens is 248 g/mol. The molecule has 4 nitrogen and oxygen atoms in total. The number of nitrogens with one attached hydrogen (secondary N) is 2. The molecule has 2 aromatic rings. The Labute approximate surface area is 107 Å². The number of H-pyrrole nitrogens is 1. The van der Waals surface area contributed by atoms with Crippen LogP contribution in [0.25, 0.3) is 10.9 Å². The largest absolute Gasteiger partial charge is 0.359 e. The van der Waals surface area contributed by atoms with Gasteiger partial charge < -0.3 is 4.98 Å². The van der Waals surface area contributed by atoms with Crippen LogP contribution >= 0.6 is 0 Å². The maximum absolute atomic E-state index is 11.9. The molecule has 0 aliphatic heterocycles. The highest BCUT2D eigenvalue weighted by Gasteiger charge is 2.12. The van der Waals surface area contributed by atoms with Gasteiger partial charge in [0.25, 0.3) is 0 Å². The van der Waals surface area contributed by atoms with E-state index in [1.54, 1.807) is 6.20 Å². The number of para-hydroxylation sites is 1. The fraction of sp³-hybridized carbons (Fsp3) is 0.385. The van der Waals surface area contributed by atoms with E-state index in [-0.39, 0.29) is 5.75 Å². The van der Waals surface area contributed by atoms with Gasteiger partial charge in [0.1, 0.15) is 0 Å². The lowest BCUT2D eigenvalue weighted by Crippen LogP contribution is -2.16. The molecule has 1 heterocycles. The van der Waals surface area contributed by atoms with Crippen LogP contribution in [-0.4, -0.2) is 19.2 Å². The summed E-state index contributed by atoms with van der Waals surface area (Å²) < 4.78 is 26.4. The van der Waals surface area contributed by atoms with E-state index in [0.717, 1.165) is 23.7 Å². The van der Waals surface area contributed by atoms with Gasteiger partial charge in [0.15, 0.2) is 0 Å². The highest BCUT2D eigenvalue weighted by Crippen LogP contribution is 2.23. The van der Waals surface area contributed by atoms with Gasteiger partial charge in [0.05, 0.1) is 11.4 Å². The van der Waals surface area contributed by atoms with Gasteiger partial charge in [-0.3, -0.25) is 4.72 Å². The number of unbranched alkanes of at least 4 members (excludes halogenated alkanes) is 2. The number of aromatic nitrogens is 1. The maximum atomic E-state index is 11.9. The Hall–Kier alpha value is -1.49. The van der Waals surface area contributed by atoms with Crippen LogP contribution in [0.2, 0.25) is 0 Å². The van der Waals surface area contributed by atoms with E-state index in [9.17, 15) is 8.42 Å². The van der Waals surface area contributed by atoms with Crippen molar-refractivity contribution in [3.63, 3.8) is 0 Å². The molecule has 0 atom stereocenters. The molecule has 0 bridgehead atoms. The fourth-order valence-corrected chi connectivity index (χ4v) is 3.11. The van der Waals surface area contributed by atoms with Crippen LogP contribution in [0, 0.1) is 0 Å². The van der Waals surface area contributed by atoms with Crippen molar-refractivity contribution in [2.75, 3.05) is 10.5 Å². The third-order valence-electron chi connectivity index (χ3n) is 2.87. The predicted octanol–water partition coefficient (Wildman–Crippen LogP) is 3.10. The molecular formula is C13H18N2O2S. The number of benzene rings is 1. The van der Waals surface area contributed by atoms with Gasteiger partial charge in [-0.25, -0.2) is 8.42 Å². The summed E-state index contributed by atoms with van der Waals surface area (Å²) in [5.41, 5.74) is 1.56. The van der Waals surface area contributed by atoms with Crippen molar-refractivity contribution in [1.82, 2.24) is 4.98 Å². The summed E-state index contributed by atoms with van der Waals surface area (Å²) in [4.78, 5) is 3.05. The Bertz CT molecular complexity index is 617. The number of aromatic amines is 1. The Morgan fingerprint density at radius 1 is 1.22 bits per heavy atom. The van der Waals surface area contributed by atoms with Crippen LogP contribution < -0.4 is 4.72 Å². The first-order chi connectivity index (χ1) is 8.62. The zero-order valence-corrected chi connectivity index (χ0v) is 11.3. The van der Waals surface area contributed by atoms with Gasteiger partial charge in [-0.15, -0.1) is 0 Å². The number of anilines is 1. The molecule has 0 saturated heterocycles. The summed E-state index contributed by atoms with van der Waals surface area (Å²) >= 11 is 0. The lowest BCUT2D eigenvalue weighted by atomic mass is 10.2. The first kappa shape index (κ1) is 13.0. The monoisotopic (exact) mass is 266 g/mol. The summed E-state index contributed by atoms with van der Waals surface area (Å²) in [7, 11) is -3.24. The van der Waals surface area contributed by atoms with Crippen LogP contribution in [0.3, 0.4) is 0 Å². The molecule has 5 heteroatoms. The minimum Gasteiger partial charge on any atom is -0.359 e. The lowest BCUT2D eigenvalue weighted by Gasteiger charge is -2.06. The van der Waals surface area contributed by atoms with Gasteiger partial charge in [0.2, 0.25) is 10.0 Å². The standard InChI is InChI=1S/C13H18N2O2S/c1-2-3-6-9-18(16,17)15-13-10-14-12-8-5-4-7-11(12)13/h4-5,7-8,10,14-15H,2-3,6,9H2,1H3. The van der Waals surface area contributed by atoms with Crippen molar-refractivity contribution in [3.8, 4) is 0 Å². The van der Waals surface area contributed by atoms with Crippen LogP contribution in [0.1, 0.15) is 26.2 Å². The summed E-state index contributed by atoms with van der Waals surface area (Å²) in [6.07, 6.45) is 4.35. The molecule has 1 aromatic heterocycles. The predicted molar refractivity (Wildman–Crippen MR) is 75.2 cm³/mol. The molecule has 0 saturated carbocycles. The Kier molecular flexibility index (Phi) is 3.91. The van der Waals surface area contributed by atoms with E-state index in [0.29, 0.717) is 12.1 Å². The van der Waals surface area contributed by atoms with E-state index < -0.39 is 10.0 Å². The van der Waals surface area contributed by atoms with Gasteiger partial charge in [-0.1, -0.05) is 38.0 Å². The number of hydrogen-bond donors (Lipinski definition) is 2. The Morgan fingerprint density at radius 2 is 2.00 bits per heavy atom. The Balaban J connectivity index is 2.13. The van der Waals surface area contributed by atoms with Gasteiger partial charge in [-0.05, 0) is 12.5 Å². The average molecular weight is 266 g/mol. The second-order valence-electron chi connectivity index (χ2n) is 4.38. The van der Waals surface area contributed by atoms with Crippen molar-refractivity contribution < 1.29 is 8.42 Å². The average Bonchev–Trinajstić information content (AvgIpc) is 2.72. The normalized spacial score (nSPS) is 11.8. The van der Waals surface area contributed by atoms with Crippen molar-refractivity contribution in [2.24, 2.45) is 0 Å². The maximum Gasteiger partial charge on any atom is 0.232 e. The molecule has 0 spiro atoms. The second-order valence-corrected chi connectivity index (χ2v) is 6.22. The number of hydrogen-bond acceptors (Lipinski definition) is 2. The van der Waals surface area contributed by atoms with E-state index in [4.69, 9.17) is 0 Å². The highest BCUT2D eigenvalue weighted by atomic mass is 32.2. The van der Waals surface area contributed by atoms with E-state index >= 15 is 0 Å². The smallest absolute Gasteiger partial charge is 0.232 e. The summed E-state index contributed by atoms with van der Waals surface area (Å²) in [5.74, 6) is 0.181. The lowest BCUT2D eigenvalue weighted by molar-refractivity contribution is 0.596. The van der Waals surface area contributed by atoms with E-state index in [1.807, 2.05) is 24.3 Å². The van der Waals surface area contributed by atoms with Crippen LogP contribution in [0.15, 0.2) is 30.5 Å². The zero-order chi connectivity index (χ0) is 13.0. The first-order valence-corrected chi connectivity index (χ1v) is 7.84. The topological polar surface area (TPSA) is 62.0 Å². The minimum absolute atomic E-state index is 0.181. The molecule has 0 aliphatic carbocycles. The first-order valence-electron chi connectivity index (χ1n) is 6.19. The summed E-state index contributed by atoms with van der Waals surface area (Å²) in [6.45, 7) is 2.06. The van der Waals surface area contributed by atoms with Crippen LogP contribution in [0.5, 0.6) is 0 Å². The van der Waals surface area contributed by atoms with Crippen molar-refractivity contribution in [2.45, 2.75) is 26.2 Å². The molecule has 2 N–H and O–H groups in total. The van der Waals surface area contributed by atoms with Gasteiger partial charge in [0, 0.05) is 17.1 Å². The molecule has 0 fully saturated rings. The molecule has 2 rings (SSSR count). The quantitative estimate of drug-likeness (QED) is 0.789. The molecule has 18 heavy (non-hydrogen) atoms. The SMILES string of the molecule is CCCCCS(=O)(=O)Nc1c[nH]c2ccccc12. The number of fused-ring (bicyclic) bond motifs is 1. The summed E-state index contributed by atoms with van der Waals surface area (Å²) in [6, 6.07) is 7.63. The number of rotatable bonds is 6. The Morgan fingerprint density at radius 3 is 2.78 bits per heavy atom. The van der Waals surface area contributed by atoms with Gasteiger partial charge in [-0.2, -0.15) is 0 Å². The minimum atomic E-state index is -3.24. The van der Waals surface area contributed by atoms with Crippen LogP contribution in [-0.2, 0) is 10.0 Å². The molecule has 1 aromatic carbocycles. The van der Waals surface area contributed by atoms with E-state index in [1.165, 1.54) is 0 Å². The molecule has 0 unspecified atom stereocenters. The molecule has 0 aliphatic rings. The highest BCUT2D eigenvalue weighted by molar-refractivity contribution is 7.92. The molecule has 0 radical (unpaired) electrons. The third-order valence-corrected chi connectivity index (χ3v) is 4.23. The van der Waals surface area contributed by atoms with E-state index in [2.05, 4.69) is 16.6 Å². The summed E-state index contributed by atoms with van der Waals surface area (Å²) in [5, 5.41) is 0.900. The van der Waals surface area contributed by atoms with Crippen molar-refractivity contribution >= 4 is 26.6 Å². The third kappa shape index (κ3) is 3.04. The number of sulfonamides is 1. The van der Waals surface area contributed by atoms with Crippen molar-refractivity contribution in [1.29, 1.82) is 0 Å². The second kappa shape index (κ2) is 5.44. The fourth-order valence-electron chi connectivity index (χ4n) is 1.92.